The first kappa shape index (κ1) is 12.4. The molecule has 0 unspecified atom stereocenters. The number of nitrogens with two attached hydrogens (primary N) is 1. The molecule has 86 valence electrons. The number of alkyl halides is 3. The van der Waals surface area contributed by atoms with E-state index in [-0.39, 0.29) is 10.7 Å². The zero-order valence-electron chi connectivity index (χ0n) is 7.84. The number of carbonyl (C=O) groups is 1. The first-order valence-electron chi connectivity index (χ1n) is 4.09. The van der Waals surface area contributed by atoms with Crippen LogP contribution in [0.4, 0.5) is 18.9 Å². The minimum Gasteiger partial charge on any atom is -0.364 e. The largest absolute Gasteiger partial charge is 0.416 e. The molecule has 0 aliphatic carbocycles. The molecule has 0 fully saturated rings. The van der Waals surface area contributed by atoms with Gasteiger partial charge in [0.25, 0.3) is 5.91 Å². The van der Waals surface area contributed by atoms with Gasteiger partial charge in [-0.3, -0.25) is 4.79 Å². The van der Waals surface area contributed by atoms with Crippen LogP contribution in [0.2, 0.25) is 0 Å². The smallest absolute Gasteiger partial charge is 0.364 e. The van der Waals surface area contributed by atoms with Gasteiger partial charge in [-0.15, -0.1) is 0 Å². The van der Waals surface area contributed by atoms with Gasteiger partial charge in [-0.2, -0.15) is 13.2 Å². The number of thiocarbonyl (C=S) groups is 1. The molecule has 1 aromatic rings. The standard InChI is InChI=1S/C9H7F3N2OS/c10-9(11,12)5-2-1-3-6(4-5)14-8(16)7(13)15/h1-4H,(H2,13,15)(H,14,16). The van der Waals surface area contributed by atoms with Crippen LogP contribution in [0.3, 0.4) is 0 Å². The summed E-state index contributed by atoms with van der Waals surface area (Å²) in [5.41, 5.74) is 4.08. The fraction of sp³-hybridized carbons (Fsp3) is 0.111. The maximum atomic E-state index is 12.3. The Balaban J connectivity index is 2.92. The van der Waals surface area contributed by atoms with Crippen molar-refractivity contribution >= 4 is 28.8 Å². The van der Waals surface area contributed by atoms with Crippen molar-refractivity contribution in [3.8, 4) is 0 Å². The Morgan fingerprint density at radius 1 is 1.38 bits per heavy atom. The second kappa shape index (κ2) is 4.48. The Kier molecular flexibility index (Phi) is 3.48. The summed E-state index contributed by atoms with van der Waals surface area (Å²) in [6, 6.07) is 4.31. The molecule has 16 heavy (non-hydrogen) atoms. The predicted octanol–water partition coefficient (Wildman–Crippen LogP) is 1.93. The molecule has 0 heterocycles. The average molecular weight is 248 g/mol. The Bertz CT molecular complexity index is 431. The van der Waals surface area contributed by atoms with E-state index in [1.54, 1.807) is 0 Å². The average Bonchev–Trinajstić information content (AvgIpc) is 2.16. The lowest BCUT2D eigenvalue weighted by molar-refractivity contribution is -0.137. The van der Waals surface area contributed by atoms with Crippen LogP contribution >= 0.6 is 12.2 Å². The molecule has 1 aromatic carbocycles. The number of hydrogen-bond donors (Lipinski definition) is 2. The topological polar surface area (TPSA) is 55.1 Å². The molecule has 1 rings (SSSR count). The predicted molar refractivity (Wildman–Crippen MR) is 56.9 cm³/mol. The molecular formula is C9H7F3N2OS. The van der Waals surface area contributed by atoms with Crippen LogP contribution in [-0.2, 0) is 11.0 Å². The minimum absolute atomic E-state index is 0.0682. The highest BCUT2D eigenvalue weighted by molar-refractivity contribution is 7.82. The third-order valence-electron chi connectivity index (χ3n) is 1.67. The summed E-state index contributed by atoms with van der Waals surface area (Å²) in [5.74, 6) is -0.896. The van der Waals surface area contributed by atoms with Gasteiger partial charge >= 0.3 is 6.18 Å². The number of anilines is 1. The normalized spacial score (nSPS) is 10.9. The van der Waals surface area contributed by atoms with Crippen LogP contribution < -0.4 is 11.1 Å². The van der Waals surface area contributed by atoms with Gasteiger partial charge in [0.05, 0.1) is 5.56 Å². The lowest BCUT2D eigenvalue weighted by atomic mass is 10.2. The number of primary amides is 1. The number of carbonyl (C=O) groups excluding carboxylic acids is 1. The summed E-state index contributed by atoms with van der Waals surface area (Å²) in [7, 11) is 0. The van der Waals surface area contributed by atoms with E-state index >= 15 is 0 Å². The van der Waals surface area contributed by atoms with E-state index in [4.69, 9.17) is 5.73 Å². The van der Waals surface area contributed by atoms with E-state index in [2.05, 4.69) is 17.5 Å². The van der Waals surface area contributed by atoms with E-state index in [1.165, 1.54) is 12.1 Å². The monoisotopic (exact) mass is 248 g/mol. The maximum absolute atomic E-state index is 12.3. The molecule has 0 aliphatic heterocycles. The first-order chi connectivity index (χ1) is 7.30. The Morgan fingerprint density at radius 3 is 2.50 bits per heavy atom. The SMILES string of the molecule is NC(=O)C(=S)Nc1cccc(C(F)(F)F)c1. The highest BCUT2D eigenvalue weighted by Crippen LogP contribution is 2.30. The van der Waals surface area contributed by atoms with Crippen molar-refractivity contribution in [2.24, 2.45) is 5.73 Å². The van der Waals surface area contributed by atoms with Crippen LogP contribution in [0.1, 0.15) is 5.56 Å². The minimum atomic E-state index is -4.44. The van der Waals surface area contributed by atoms with Gasteiger partial charge in [-0.05, 0) is 18.2 Å². The van der Waals surface area contributed by atoms with Crippen molar-refractivity contribution < 1.29 is 18.0 Å². The van der Waals surface area contributed by atoms with E-state index < -0.39 is 17.6 Å². The fourth-order valence-electron chi connectivity index (χ4n) is 0.966. The second-order valence-corrected chi connectivity index (χ2v) is 3.31. The summed E-state index contributed by atoms with van der Waals surface area (Å²) in [4.78, 5) is 10.2. The molecule has 0 saturated heterocycles. The van der Waals surface area contributed by atoms with Crippen LogP contribution in [-0.4, -0.2) is 10.9 Å². The van der Waals surface area contributed by atoms with Crippen LogP contribution in [0.5, 0.6) is 0 Å². The van der Waals surface area contributed by atoms with E-state index in [9.17, 15) is 18.0 Å². The van der Waals surface area contributed by atoms with Crippen LogP contribution in [0.25, 0.3) is 0 Å². The number of halogens is 3. The molecule has 0 saturated carbocycles. The van der Waals surface area contributed by atoms with E-state index in [0.717, 1.165) is 12.1 Å². The Hall–Kier alpha value is -1.63. The molecule has 0 atom stereocenters. The summed E-state index contributed by atoms with van der Waals surface area (Å²) in [5, 5.41) is 2.31. The number of hydrogen-bond acceptors (Lipinski definition) is 2. The van der Waals surface area contributed by atoms with Crippen molar-refractivity contribution in [1.82, 2.24) is 0 Å². The van der Waals surface area contributed by atoms with Crippen LogP contribution in [0.15, 0.2) is 24.3 Å². The lowest BCUT2D eigenvalue weighted by Gasteiger charge is -2.09. The number of amides is 1. The molecule has 0 aromatic heterocycles. The van der Waals surface area contributed by atoms with Crippen molar-refractivity contribution in [3.05, 3.63) is 29.8 Å². The third-order valence-corrected chi connectivity index (χ3v) is 1.97. The summed E-state index contributed by atoms with van der Waals surface area (Å²) < 4.78 is 36.9. The summed E-state index contributed by atoms with van der Waals surface area (Å²) in [6.45, 7) is 0. The van der Waals surface area contributed by atoms with Crippen LogP contribution in [0, 0.1) is 0 Å². The van der Waals surface area contributed by atoms with Gasteiger partial charge in [0.1, 0.15) is 0 Å². The molecule has 7 heteroatoms. The van der Waals surface area contributed by atoms with Gasteiger partial charge in [0, 0.05) is 5.69 Å². The third kappa shape index (κ3) is 3.20. The van der Waals surface area contributed by atoms with Gasteiger partial charge in [0.15, 0.2) is 4.99 Å². The molecule has 0 bridgehead atoms. The number of nitrogens with one attached hydrogen (secondary N) is 1. The van der Waals surface area contributed by atoms with E-state index in [0.29, 0.717) is 0 Å². The molecule has 3 nitrogen and oxygen atoms in total. The molecule has 0 spiro atoms. The van der Waals surface area contributed by atoms with Gasteiger partial charge in [-0.1, -0.05) is 18.3 Å². The first-order valence-corrected chi connectivity index (χ1v) is 4.49. The van der Waals surface area contributed by atoms with Gasteiger partial charge in [-0.25, -0.2) is 0 Å². The zero-order valence-corrected chi connectivity index (χ0v) is 8.65. The number of benzene rings is 1. The molecule has 0 radical (unpaired) electrons. The Morgan fingerprint density at radius 2 is 2.00 bits per heavy atom. The van der Waals surface area contributed by atoms with E-state index in [1.807, 2.05) is 0 Å². The Labute approximate surface area is 94.4 Å². The highest BCUT2D eigenvalue weighted by Gasteiger charge is 2.30. The van der Waals surface area contributed by atoms with Crippen molar-refractivity contribution in [3.63, 3.8) is 0 Å². The molecular weight excluding hydrogens is 241 g/mol. The second-order valence-electron chi connectivity index (χ2n) is 2.90. The zero-order chi connectivity index (χ0) is 12.3. The lowest BCUT2D eigenvalue weighted by Crippen LogP contribution is -2.27. The summed E-state index contributed by atoms with van der Waals surface area (Å²) in [6.07, 6.45) is -4.44. The fourth-order valence-corrected chi connectivity index (χ4v) is 1.08. The maximum Gasteiger partial charge on any atom is 0.416 e. The van der Waals surface area contributed by atoms with Gasteiger partial charge < -0.3 is 11.1 Å². The van der Waals surface area contributed by atoms with Crippen molar-refractivity contribution in [1.29, 1.82) is 0 Å². The van der Waals surface area contributed by atoms with Crippen molar-refractivity contribution in [2.45, 2.75) is 6.18 Å². The molecule has 3 N–H and O–H groups in total. The quantitative estimate of drug-likeness (QED) is 0.747. The van der Waals surface area contributed by atoms with Crippen molar-refractivity contribution in [2.75, 3.05) is 5.32 Å². The molecule has 0 aliphatic rings. The summed E-state index contributed by atoms with van der Waals surface area (Å²) >= 11 is 4.53. The molecule has 1 amide bonds. The highest BCUT2D eigenvalue weighted by atomic mass is 32.1. The number of rotatable bonds is 1. The van der Waals surface area contributed by atoms with Gasteiger partial charge in [0.2, 0.25) is 0 Å².